The second-order valence-corrected chi connectivity index (χ2v) is 5.67. The van der Waals surface area contributed by atoms with Crippen molar-refractivity contribution in [3.05, 3.63) is 29.8 Å². The first-order valence-electron chi connectivity index (χ1n) is 7.21. The number of likely N-dealkylation sites (N-methyl/N-ethyl adjacent to an activating group) is 1. The van der Waals surface area contributed by atoms with Crippen molar-refractivity contribution in [1.82, 2.24) is 4.90 Å². The summed E-state index contributed by atoms with van der Waals surface area (Å²) in [5.41, 5.74) is 2.86. The average molecular weight is 246 g/mol. The molecule has 1 aromatic rings. The van der Waals surface area contributed by atoms with Crippen LogP contribution in [0.25, 0.3) is 0 Å². The standard InChI is InChI=1S/C16H26N2/c1-4-14(2)13-15-5-7-16(8-6-15)18-11-9-17(3)10-12-18/h5-8,14H,4,9-13H2,1-3H3. The molecule has 1 aliphatic rings. The fourth-order valence-electron chi connectivity index (χ4n) is 2.45. The highest BCUT2D eigenvalue weighted by Crippen LogP contribution is 2.19. The van der Waals surface area contributed by atoms with Gasteiger partial charge in [-0.1, -0.05) is 32.4 Å². The third-order valence-corrected chi connectivity index (χ3v) is 4.09. The molecule has 0 saturated carbocycles. The van der Waals surface area contributed by atoms with E-state index in [-0.39, 0.29) is 0 Å². The molecule has 1 aromatic carbocycles. The van der Waals surface area contributed by atoms with Gasteiger partial charge in [0, 0.05) is 31.9 Å². The van der Waals surface area contributed by atoms with Crippen molar-refractivity contribution in [2.45, 2.75) is 26.7 Å². The van der Waals surface area contributed by atoms with Crippen LogP contribution in [-0.2, 0) is 6.42 Å². The molecule has 2 rings (SSSR count). The van der Waals surface area contributed by atoms with E-state index in [0.29, 0.717) is 0 Å². The van der Waals surface area contributed by atoms with Crippen LogP contribution in [0.15, 0.2) is 24.3 Å². The second-order valence-electron chi connectivity index (χ2n) is 5.67. The van der Waals surface area contributed by atoms with Gasteiger partial charge in [-0.25, -0.2) is 0 Å². The summed E-state index contributed by atoms with van der Waals surface area (Å²) in [7, 11) is 2.20. The molecule has 1 aliphatic heterocycles. The van der Waals surface area contributed by atoms with Gasteiger partial charge >= 0.3 is 0 Å². The molecule has 2 heteroatoms. The van der Waals surface area contributed by atoms with E-state index in [9.17, 15) is 0 Å². The Balaban J connectivity index is 1.95. The monoisotopic (exact) mass is 246 g/mol. The van der Waals surface area contributed by atoms with E-state index in [1.807, 2.05) is 0 Å². The number of hydrogen-bond acceptors (Lipinski definition) is 2. The highest BCUT2D eigenvalue weighted by Gasteiger charge is 2.13. The lowest BCUT2D eigenvalue weighted by Crippen LogP contribution is -2.44. The second kappa shape index (κ2) is 6.24. The van der Waals surface area contributed by atoms with Crippen LogP contribution in [0.3, 0.4) is 0 Å². The lowest BCUT2D eigenvalue weighted by Gasteiger charge is -2.34. The molecule has 0 spiro atoms. The van der Waals surface area contributed by atoms with Gasteiger partial charge in [0.1, 0.15) is 0 Å². The van der Waals surface area contributed by atoms with E-state index in [0.717, 1.165) is 19.0 Å². The molecule has 2 nitrogen and oxygen atoms in total. The zero-order valence-corrected chi connectivity index (χ0v) is 12.0. The minimum absolute atomic E-state index is 0.791. The predicted octanol–water partition coefficient (Wildman–Crippen LogP) is 3.03. The van der Waals surface area contributed by atoms with Crippen LogP contribution in [0.5, 0.6) is 0 Å². The molecule has 100 valence electrons. The highest BCUT2D eigenvalue weighted by molar-refractivity contribution is 5.48. The minimum Gasteiger partial charge on any atom is -0.369 e. The van der Waals surface area contributed by atoms with Crippen LogP contribution in [0, 0.1) is 5.92 Å². The van der Waals surface area contributed by atoms with E-state index < -0.39 is 0 Å². The quantitative estimate of drug-likeness (QED) is 0.806. The molecule has 1 fully saturated rings. The molecule has 1 unspecified atom stereocenters. The Morgan fingerprint density at radius 3 is 2.22 bits per heavy atom. The van der Waals surface area contributed by atoms with Crippen molar-refractivity contribution < 1.29 is 0 Å². The fourth-order valence-corrected chi connectivity index (χ4v) is 2.45. The van der Waals surface area contributed by atoms with E-state index in [1.54, 1.807) is 0 Å². The number of rotatable bonds is 4. The van der Waals surface area contributed by atoms with Crippen LogP contribution in [0.1, 0.15) is 25.8 Å². The molecule has 0 aromatic heterocycles. The number of benzene rings is 1. The Hall–Kier alpha value is -1.02. The number of nitrogens with zero attached hydrogens (tertiary/aromatic N) is 2. The van der Waals surface area contributed by atoms with E-state index in [4.69, 9.17) is 0 Å². The largest absolute Gasteiger partial charge is 0.369 e. The molecule has 0 amide bonds. The summed E-state index contributed by atoms with van der Waals surface area (Å²) in [6, 6.07) is 9.20. The van der Waals surface area contributed by atoms with Gasteiger partial charge in [0.15, 0.2) is 0 Å². The van der Waals surface area contributed by atoms with Gasteiger partial charge in [-0.05, 0) is 37.1 Å². The van der Waals surface area contributed by atoms with Gasteiger partial charge in [0.2, 0.25) is 0 Å². The van der Waals surface area contributed by atoms with Crippen LogP contribution in [0.4, 0.5) is 5.69 Å². The normalized spacial score (nSPS) is 18.9. The predicted molar refractivity (Wildman–Crippen MR) is 79.3 cm³/mol. The molecule has 0 N–H and O–H groups in total. The van der Waals surface area contributed by atoms with Crippen LogP contribution >= 0.6 is 0 Å². The number of anilines is 1. The van der Waals surface area contributed by atoms with Gasteiger partial charge in [0.05, 0.1) is 0 Å². The first kappa shape index (κ1) is 13.4. The Morgan fingerprint density at radius 1 is 1.06 bits per heavy atom. The Kier molecular flexibility index (Phi) is 4.65. The Bertz CT molecular complexity index is 350. The lowest BCUT2D eigenvalue weighted by atomic mass is 9.99. The van der Waals surface area contributed by atoms with E-state index in [1.165, 1.54) is 37.2 Å². The van der Waals surface area contributed by atoms with Crippen LogP contribution in [-0.4, -0.2) is 38.1 Å². The maximum absolute atomic E-state index is 2.49. The van der Waals surface area contributed by atoms with Crippen molar-refractivity contribution >= 4 is 5.69 Å². The maximum atomic E-state index is 2.49. The first-order valence-corrected chi connectivity index (χ1v) is 7.21. The molecular formula is C16H26N2. The van der Waals surface area contributed by atoms with Gasteiger partial charge in [-0.15, -0.1) is 0 Å². The van der Waals surface area contributed by atoms with Crippen molar-refractivity contribution in [1.29, 1.82) is 0 Å². The molecule has 1 saturated heterocycles. The fraction of sp³-hybridized carbons (Fsp3) is 0.625. The smallest absolute Gasteiger partial charge is 0.0367 e. The van der Waals surface area contributed by atoms with Crippen molar-refractivity contribution in [2.24, 2.45) is 5.92 Å². The van der Waals surface area contributed by atoms with Crippen molar-refractivity contribution in [2.75, 3.05) is 38.1 Å². The topological polar surface area (TPSA) is 6.48 Å². The SMILES string of the molecule is CCC(C)Cc1ccc(N2CCN(C)CC2)cc1. The maximum Gasteiger partial charge on any atom is 0.0367 e. The van der Waals surface area contributed by atoms with Crippen molar-refractivity contribution in [3.63, 3.8) is 0 Å². The lowest BCUT2D eigenvalue weighted by molar-refractivity contribution is 0.313. The first-order chi connectivity index (χ1) is 8.69. The molecule has 0 aliphatic carbocycles. The third kappa shape index (κ3) is 3.49. The molecule has 18 heavy (non-hydrogen) atoms. The van der Waals surface area contributed by atoms with E-state index in [2.05, 4.69) is 55.0 Å². The van der Waals surface area contributed by atoms with E-state index >= 15 is 0 Å². The Labute approximate surface area is 112 Å². The van der Waals surface area contributed by atoms with Gasteiger partial charge < -0.3 is 9.80 Å². The molecule has 0 radical (unpaired) electrons. The molecule has 0 bridgehead atoms. The summed E-state index contributed by atoms with van der Waals surface area (Å²) in [4.78, 5) is 4.89. The summed E-state index contributed by atoms with van der Waals surface area (Å²) < 4.78 is 0. The van der Waals surface area contributed by atoms with Gasteiger partial charge in [-0.3, -0.25) is 0 Å². The number of piperazine rings is 1. The zero-order chi connectivity index (χ0) is 13.0. The van der Waals surface area contributed by atoms with Crippen LogP contribution < -0.4 is 4.90 Å². The van der Waals surface area contributed by atoms with Crippen molar-refractivity contribution in [3.8, 4) is 0 Å². The third-order valence-electron chi connectivity index (χ3n) is 4.09. The highest BCUT2D eigenvalue weighted by atomic mass is 15.2. The summed E-state index contributed by atoms with van der Waals surface area (Å²) in [5.74, 6) is 0.791. The average Bonchev–Trinajstić information content (AvgIpc) is 2.40. The minimum atomic E-state index is 0.791. The molecule has 1 heterocycles. The molecular weight excluding hydrogens is 220 g/mol. The zero-order valence-electron chi connectivity index (χ0n) is 12.0. The summed E-state index contributed by atoms with van der Waals surface area (Å²) in [6.45, 7) is 9.25. The number of hydrogen-bond donors (Lipinski definition) is 0. The summed E-state index contributed by atoms with van der Waals surface area (Å²) >= 11 is 0. The summed E-state index contributed by atoms with van der Waals surface area (Å²) in [5, 5.41) is 0. The van der Waals surface area contributed by atoms with Gasteiger partial charge in [0.25, 0.3) is 0 Å². The summed E-state index contributed by atoms with van der Waals surface area (Å²) in [6.07, 6.45) is 2.47. The van der Waals surface area contributed by atoms with Gasteiger partial charge in [-0.2, -0.15) is 0 Å². The molecule has 1 atom stereocenters. The Morgan fingerprint density at radius 2 is 1.67 bits per heavy atom. The van der Waals surface area contributed by atoms with Crippen LogP contribution in [0.2, 0.25) is 0 Å².